The molecule has 0 aliphatic rings. The fourth-order valence-electron chi connectivity index (χ4n) is 2.48. The van der Waals surface area contributed by atoms with E-state index in [1.54, 1.807) is 5.38 Å². The fourth-order valence-corrected chi connectivity index (χ4v) is 3.34. The Kier molecular flexibility index (Phi) is 4.40. The quantitative estimate of drug-likeness (QED) is 0.786. The first kappa shape index (κ1) is 16.3. The molecule has 0 aliphatic carbocycles. The fraction of sp³-hybridized carbons (Fsp3) is 0.222. The third-order valence-electron chi connectivity index (χ3n) is 3.96. The molecule has 0 fully saturated rings. The molecule has 1 aromatic carbocycles. The summed E-state index contributed by atoms with van der Waals surface area (Å²) in [5, 5.41) is 5.59. The molecule has 0 saturated heterocycles. The minimum absolute atomic E-state index is 0.197. The summed E-state index contributed by atoms with van der Waals surface area (Å²) in [7, 11) is 5.90. The minimum Gasteiger partial charge on any atom is -0.376 e. The molecule has 2 aromatic heterocycles. The van der Waals surface area contributed by atoms with Crippen LogP contribution in [0.25, 0.3) is 10.7 Å². The van der Waals surface area contributed by atoms with Crippen LogP contribution in [0.2, 0.25) is 0 Å². The maximum absolute atomic E-state index is 12.5. The van der Waals surface area contributed by atoms with E-state index in [4.69, 9.17) is 0 Å². The third-order valence-corrected chi connectivity index (χ3v) is 4.83. The van der Waals surface area contributed by atoms with Crippen LogP contribution < -0.4 is 10.2 Å². The number of rotatable bonds is 4. The number of carbonyl (C=O) groups is 1. The van der Waals surface area contributed by atoms with E-state index >= 15 is 0 Å². The van der Waals surface area contributed by atoms with Gasteiger partial charge in [0.1, 0.15) is 10.7 Å². The highest BCUT2D eigenvalue weighted by atomic mass is 32.1. The van der Waals surface area contributed by atoms with E-state index in [1.165, 1.54) is 11.3 Å². The van der Waals surface area contributed by atoms with Crippen molar-refractivity contribution in [2.24, 2.45) is 7.05 Å². The Morgan fingerprint density at radius 1 is 1.21 bits per heavy atom. The number of hydrogen-bond acceptors (Lipinski definition) is 4. The molecule has 0 atom stereocenters. The van der Waals surface area contributed by atoms with Crippen molar-refractivity contribution in [3.05, 3.63) is 53.2 Å². The van der Waals surface area contributed by atoms with Gasteiger partial charge < -0.3 is 14.8 Å². The molecule has 6 heteroatoms. The molecule has 0 aliphatic heterocycles. The van der Waals surface area contributed by atoms with Crippen molar-refractivity contribution in [3.63, 3.8) is 0 Å². The Balaban J connectivity index is 1.84. The Bertz CT molecular complexity index is 879. The van der Waals surface area contributed by atoms with Crippen LogP contribution >= 0.6 is 11.3 Å². The maximum atomic E-state index is 12.5. The summed E-state index contributed by atoms with van der Waals surface area (Å²) < 4.78 is 2.07. The zero-order chi connectivity index (χ0) is 17.3. The monoisotopic (exact) mass is 340 g/mol. The van der Waals surface area contributed by atoms with Crippen LogP contribution in [0.4, 0.5) is 11.4 Å². The molecule has 0 unspecified atom stereocenters. The highest BCUT2D eigenvalue weighted by molar-refractivity contribution is 7.13. The summed E-state index contributed by atoms with van der Waals surface area (Å²) in [6, 6.07) is 11.8. The van der Waals surface area contributed by atoms with Gasteiger partial charge in [0, 0.05) is 32.2 Å². The number of carbonyl (C=O) groups excluding carboxylic acids is 1. The topological polar surface area (TPSA) is 50.2 Å². The van der Waals surface area contributed by atoms with Crippen molar-refractivity contribution in [2.45, 2.75) is 6.92 Å². The van der Waals surface area contributed by atoms with E-state index in [0.29, 0.717) is 5.69 Å². The first-order valence-corrected chi connectivity index (χ1v) is 8.51. The molecule has 0 radical (unpaired) electrons. The molecule has 3 aromatic rings. The molecule has 1 amide bonds. The molecular weight excluding hydrogens is 320 g/mol. The maximum Gasteiger partial charge on any atom is 0.275 e. The number of anilines is 2. The molecule has 3 rings (SSSR count). The van der Waals surface area contributed by atoms with Gasteiger partial charge in [0.2, 0.25) is 0 Å². The van der Waals surface area contributed by atoms with Crippen molar-refractivity contribution in [1.29, 1.82) is 0 Å². The summed E-state index contributed by atoms with van der Waals surface area (Å²) in [6.45, 7) is 2.04. The van der Waals surface area contributed by atoms with Gasteiger partial charge >= 0.3 is 0 Å². The predicted octanol–water partition coefficient (Wildman–Crippen LogP) is 3.78. The molecule has 24 heavy (non-hydrogen) atoms. The van der Waals surface area contributed by atoms with Gasteiger partial charge in [-0.25, -0.2) is 4.98 Å². The number of aromatic nitrogens is 2. The van der Waals surface area contributed by atoms with Crippen molar-refractivity contribution >= 4 is 28.6 Å². The molecule has 0 saturated carbocycles. The van der Waals surface area contributed by atoms with Crippen LogP contribution in [-0.4, -0.2) is 29.6 Å². The summed E-state index contributed by atoms with van der Waals surface area (Å²) in [4.78, 5) is 19.0. The van der Waals surface area contributed by atoms with E-state index in [2.05, 4.69) is 14.9 Å². The van der Waals surface area contributed by atoms with E-state index in [1.807, 2.05) is 69.4 Å². The number of nitrogens with one attached hydrogen (secondary N) is 1. The standard InChI is InChI=1S/C18H20N4OS/c1-12-9-10-16(22(12)4)18-20-14(11-24-18)17(23)19-13-7-5-6-8-15(13)21(2)3/h5-11H,1-4H3,(H,19,23). The second-order valence-electron chi connectivity index (χ2n) is 5.82. The van der Waals surface area contributed by atoms with Crippen LogP contribution in [-0.2, 0) is 7.05 Å². The summed E-state index contributed by atoms with van der Waals surface area (Å²) in [6.07, 6.45) is 0. The van der Waals surface area contributed by atoms with E-state index in [0.717, 1.165) is 27.8 Å². The van der Waals surface area contributed by atoms with Crippen LogP contribution in [0.1, 0.15) is 16.2 Å². The molecule has 5 nitrogen and oxygen atoms in total. The number of benzene rings is 1. The largest absolute Gasteiger partial charge is 0.376 e. The number of aryl methyl sites for hydroxylation is 1. The van der Waals surface area contributed by atoms with E-state index in [9.17, 15) is 4.79 Å². The van der Waals surface area contributed by atoms with Crippen molar-refractivity contribution < 1.29 is 4.79 Å². The minimum atomic E-state index is -0.197. The SMILES string of the molecule is Cc1ccc(-c2nc(C(=O)Nc3ccccc3N(C)C)cs2)n1C. The van der Waals surface area contributed by atoms with Crippen molar-refractivity contribution in [3.8, 4) is 10.7 Å². The Labute approximate surface area is 145 Å². The van der Waals surface area contributed by atoms with Crippen molar-refractivity contribution in [1.82, 2.24) is 9.55 Å². The van der Waals surface area contributed by atoms with Crippen LogP contribution in [0, 0.1) is 6.92 Å². The summed E-state index contributed by atoms with van der Waals surface area (Å²) >= 11 is 1.48. The lowest BCUT2D eigenvalue weighted by Gasteiger charge is -2.17. The number of nitrogens with zero attached hydrogens (tertiary/aromatic N) is 3. The normalized spacial score (nSPS) is 10.7. The van der Waals surface area contributed by atoms with Gasteiger partial charge in [-0.3, -0.25) is 4.79 Å². The average Bonchev–Trinajstić information content (AvgIpc) is 3.16. The molecule has 0 bridgehead atoms. The lowest BCUT2D eigenvalue weighted by atomic mass is 10.2. The number of thiazole rings is 1. The van der Waals surface area contributed by atoms with Gasteiger partial charge in [0.15, 0.2) is 0 Å². The van der Waals surface area contributed by atoms with E-state index in [-0.39, 0.29) is 5.91 Å². The first-order valence-electron chi connectivity index (χ1n) is 7.63. The molecule has 2 heterocycles. The van der Waals surface area contributed by atoms with Crippen LogP contribution in [0.3, 0.4) is 0 Å². The van der Waals surface area contributed by atoms with Gasteiger partial charge in [-0.2, -0.15) is 0 Å². The van der Waals surface area contributed by atoms with Crippen molar-refractivity contribution in [2.75, 3.05) is 24.3 Å². The number of para-hydroxylation sites is 2. The lowest BCUT2D eigenvalue weighted by Crippen LogP contribution is -2.16. The number of amides is 1. The van der Waals surface area contributed by atoms with Gasteiger partial charge in [0.25, 0.3) is 5.91 Å². The van der Waals surface area contributed by atoms with Gasteiger partial charge in [0.05, 0.1) is 17.1 Å². The first-order chi connectivity index (χ1) is 11.5. The Hall–Kier alpha value is -2.60. The van der Waals surface area contributed by atoms with Gasteiger partial charge in [-0.05, 0) is 31.2 Å². The molecule has 0 spiro atoms. The summed E-state index contributed by atoms with van der Waals surface area (Å²) in [5.74, 6) is -0.197. The summed E-state index contributed by atoms with van der Waals surface area (Å²) in [5.41, 5.74) is 4.34. The van der Waals surface area contributed by atoms with Gasteiger partial charge in [-0.1, -0.05) is 12.1 Å². The highest BCUT2D eigenvalue weighted by Gasteiger charge is 2.15. The lowest BCUT2D eigenvalue weighted by molar-refractivity contribution is 0.102. The van der Waals surface area contributed by atoms with Crippen LogP contribution in [0.15, 0.2) is 41.8 Å². The predicted molar refractivity (Wildman–Crippen MR) is 100.0 cm³/mol. The Morgan fingerprint density at radius 3 is 2.62 bits per heavy atom. The second-order valence-corrected chi connectivity index (χ2v) is 6.68. The zero-order valence-corrected chi connectivity index (χ0v) is 15.0. The molecule has 124 valence electrons. The smallest absolute Gasteiger partial charge is 0.275 e. The molecular formula is C18H20N4OS. The second kappa shape index (κ2) is 6.49. The highest BCUT2D eigenvalue weighted by Crippen LogP contribution is 2.27. The number of hydrogen-bond donors (Lipinski definition) is 1. The van der Waals surface area contributed by atoms with Gasteiger partial charge in [-0.15, -0.1) is 11.3 Å². The van der Waals surface area contributed by atoms with Crippen LogP contribution in [0.5, 0.6) is 0 Å². The molecule has 1 N–H and O–H groups in total. The average molecular weight is 340 g/mol. The van der Waals surface area contributed by atoms with E-state index < -0.39 is 0 Å². The third kappa shape index (κ3) is 3.05. The zero-order valence-electron chi connectivity index (χ0n) is 14.2. The Morgan fingerprint density at radius 2 is 1.96 bits per heavy atom.